The molecule has 27 heavy (non-hydrogen) atoms. The van der Waals surface area contributed by atoms with Crippen LogP contribution in [0.4, 0.5) is 18.4 Å². The standard InChI is InChI=1S/C18H23ClF2N4O2/c1-22-17(26)25(12-4-5-12)13-3-2-6-24(10-13)18(27)23-9-11-7-14(19)16(21)8-15(11)20/h7-8,12-13H,2-6,9-10H2,1H3,(H,22,26)(H,23,27)/t13-/m1/s1. The Morgan fingerprint density at radius 1 is 1.22 bits per heavy atom. The molecule has 0 unspecified atom stereocenters. The van der Waals surface area contributed by atoms with Crippen molar-refractivity contribution in [3.05, 3.63) is 34.4 Å². The first kappa shape index (κ1) is 19.7. The van der Waals surface area contributed by atoms with Crippen LogP contribution in [0.3, 0.4) is 0 Å². The number of carbonyl (C=O) groups excluding carboxylic acids is 2. The molecule has 148 valence electrons. The molecule has 0 bridgehead atoms. The van der Waals surface area contributed by atoms with E-state index in [1.54, 1.807) is 11.9 Å². The molecule has 1 aliphatic heterocycles. The van der Waals surface area contributed by atoms with Gasteiger partial charge in [-0.2, -0.15) is 0 Å². The molecule has 6 nitrogen and oxygen atoms in total. The summed E-state index contributed by atoms with van der Waals surface area (Å²) in [6.45, 7) is 0.914. The Kier molecular flexibility index (Phi) is 6.04. The molecule has 1 aromatic rings. The van der Waals surface area contributed by atoms with Crippen LogP contribution in [0.15, 0.2) is 12.1 Å². The van der Waals surface area contributed by atoms with Crippen LogP contribution in [0.1, 0.15) is 31.2 Å². The molecule has 2 N–H and O–H groups in total. The van der Waals surface area contributed by atoms with Crippen molar-refractivity contribution in [3.63, 3.8) is 0 Å². The molecular weight excluding hydrogens is 378 g/mol. The van der Waals surface area contributed by atoms with Gasteiger partial charge in [0.1, 0.15) is 11.6 Å². The highest BCUT2D eigenvalue weighted by Crippen LogP contribution is 2.31. The largest absolute Gasteiger partial charge is 0.341 e. The average Bonchev–Trinajstić information content (AvgIpc) is 3.48. The minimum absolute atomic E-state index is 0.0334. The molecule has 1 aliphatic carbocycles. The van der Waals surface area contributed by atoms with E-state index >= 15 is 0 Å². The van der Waals surface area contributed by atoms with Gasteiger partial charge in [0.05, 0.1) is 11.1 Å². The number of piperidine rings is 1. The van der Waals surface area contributed by atoms with Crippen LogP contribution in [0.5, 0.6) is 0 Å². The second kappa shape index (κ2) is 8.29. The normalized spacial score (nSPS) is 19.6. The summed E-state index contributed by atoms with van der Waals surface area (Å²) in [5, 5.41) is 5.13. The number of carbonyl (C=O) groups is 2. The van der Waals surface area contributed by atoms with Gasteiger partial charge in [-0.1, -0.05) is 11.6 Å². The van der Waals surface area contributed by atoms with Crippen molar-refractivity contribution in [1.29, 1.82) is 0 Å². The van der Waals surface area contributed by atoms with Crippen LogP contribution in [0.25, 0.3) is 0 Å². The quantitative estimate of drug-likeness (QED) is 0.763. The Morgan fingerprint density at radius 3 is 2.63 bits per heavy atom. The fourth-order valence-corrected chi connectivity index (χ4v) is 3.65. The molecule has 0 spiro atoms. The summed E-state index contributed by atoms with van der Waals surface area (Å²) in [4.78, 5) is 28.2. The molecule has 3 rings (SSSR count). The average molecular weight is 401 g/mol. The lowest BCUT2D eigenvalue weighted by Crippen LogP contribution is -2.55. The van der Waals surface area contributed by atoms with Crippen LogP contribution in [-0.4, -0.2) is 54.1 Å². The summed E-state index contributed by atoms with van der Waals surface area (Å²) in [6.07, 6.45) is 3.60. The molecule has 2 fully saturated rings. The summed E-state index contributed by atoms with van der Waals surface area (Å²) < 4.78 is 27.0. The second-order valence-corrected chi connectivity index (χ2v) is 7.36. The zero-order chi connectivity index (χ0) is 19.6. The van der Waals surface area contributed by atoms with E-state index < -0.39 is 11.6 Å². The summed E-state index contributed by atoms with van der Waals surface area (Å²) in [7, 11) is 1.60. The second-order valence-electron chi connectivity index (χ2n) is 6.95. The number of hydrogen-bond donors (Lipinski definition) is 2. The lowest BCUT2D eigenvalue weighted by Gasteiger charge is -2.39. The smallest absolute Gasteiger partial charge is 0.317 e. The zero-order valence-electron chi connectivity index (χ0n) is 15.1. The van der Waals surface area contributed by atoms with Gasteiger partial charge in [-0.15, -0.1) is 0 Å². The van der Waals surface area contributed by atoms with Crippen LogP contribution in [0.2, 0.25) is 5.02 Å². The first-order chi connectivity index (χ1) is 12.9. The monoisotopic (exact) mass is 400 g/mol. The third-order valence-corrected chi connectivity index (χ3v) is 5.27. The van der Waals surface area contributed by atoms with E-state index in [2.05, 4.69) is 10.6 Å². The van der Waals surface area contributed by atoms with Gasteiger partial charge >= 0.3 is 12.1 Å². The summed E-state index contributed by atoms with van der Waals surface area (Å²) in [5.41, 5.74) is 0.119. The topological polar surface area (TPSA) is 64.7 Å². The number of amides is 4. The van der Waals surface area contributed by atoms with Crippen molar-refractivity contribution in [1.82, 2.24) is 20.4 Å². The first-order valence-electron chi connectivity index (χ1n) is 9.07. The fraction of sp³-hybridized carbons (Fsp3) is 0.556. The van der Waals surface area contributed by atoms with E-state index in [-0.39, 0.29) is 41.3 Å². The predicted molar refractivity (Wildman–Crippen MR) is 97.5 cm³/mol. The van der Waals surface area contributed by atoms with Crippen LogP contribution < -0.4 is 10.6 Å². The van der Waals surface area contributed by atoms with E-state index in [9.17, 15) is 18.4 Å². The maximum absolute atomic E-state index is 13.8. The van der Waals surface area contributed by atoms with Crippen LogP contribution in [-0.2, 0) is 6.54 Å². The van der Waals surface area contributed by atoms with Gasteiger partial charge in [-0.3, -0.25) is 0 Å². The molecule has 0 aromatic heterocycles. The number of halogens is 3. The first-order valence-corrected chi connectivity index (χ1v) is 9.44. The molecule has 1 atom stereocenters. The van der Waals surface area contributed by atoms with Gasteiger partial charge in [0, 0.05) is 44.4 Å². The molecule has 0 radical (unpaired) electrons. The number of urea groups is 2. The van der Waals surface area contributed by atoms with Crippen molar-refractivity contribution in [3.8, 4) is 0 Å². The van der Waals surface area contributed by atoms with E-state index in [1.165, 1.54) is 6.07 Å². The van der Waals surface area contributed by atoms with Crippen molar-refractivity contribution >= 4 is 23.7 Å². The highest BCUT2D eigenvalue weighted by atomic mass is 35.5. The number of hydrogen-bond acceptors (Lipinski definition) is 2. The Labute approximate surface area is 161 Å². The van der Waals surface area contributed by atoms with E-state index in [1.807, 2.05) is 4.90 Å². The maximum atomic E-state index is 13.8. The summed E-state index contributed by atoms with van der Waals surface area (Å²) in [5.74, 6) is -1.59. The third-order valence-electron chi connectivity index (χ3n) is 4.99. The lowest BCUT2D eigenvalue weighted by molar-refractivity contribution is 0.116. The molecule has 2 aliphatic rings. The molecule has 9 heteroatoms. The number of nitrogens with zero attached hydrogens (tertiary/aromatic N) is 2. The minimum Gasteiger partial charge on any atom is -0.341 e. The van der Waals surface area contributed by atoms with Crippen LogP contribution >= 0.6 is 11.6 Å². The molecule has 1 saturated heterocycles. The number of likely N-dealkylation sites (tertiary alicyclic amines) is 1. The van der Waals surface area contributed by atoms with Crippen molar-refractivity contribution in [2.75, 3.05) is 20.1 Å². The number of nitrogens with one attached hydrogen (secondary N) is 2. The molecule has 4 amide bonds. The van der Waals surface area contributed by atoms with E-state index in [0.717, 1.165) is 25.7 Å². The van der Waals surface area contributed by atoms with Crippen molar-refractivity contribution in [2.45, 2.75) is 44.3 Å². The fourth-order valence-electron chi connectivity index (χ4n) is 3.46. The van der Waals surface area contributed by atoms with E-state index in [4.69, 9.17) is 11.6 Å². The van der Waals surface area contributed by atoms with Gasteiger partial charge < -0.3 is 20.4 Å². The zero-order valence-corrected chi connectivity index (χ0v) is 15.9. The van der Waals surface area contributed by atoms with Gasteiger partial charge in [0.25, 0.3) is 0 Å². The van der Waals surface area contributed by atoms with Crippen molar-refractivity contribution < 1.29 is 18.4 Å². The van der Waals surface area contributed by atoms with Crippen LogP contribution in [0, 0.1) is 11.6 Å². The highest BCUT2D eigenvalue weighted by Gasteiger charge is 2.39. The summed E-state index contributed by atoms with van der Waals surface area (Å²) in [6, 6.07) is 1.63. The van der Waals surface area contributed by atoms with E-state index in [0.29, 0.717) is 19.2 Å². The Hall–Kier alpha value is -2.09. The lowest BCUT2D eigenvalue weighted by atomic mass is 10.0. The van der Waals surface area contributed by atoms with Gasteiger partial charge in [0.15, 0.2) is 0 Å². The van der Waals surface area contributed by atoms with Gasteiger partial charge in [0.2, 0.25) is 0 Å². The predicted octanol–water partition coefficient (Wildman–Crippen LogP) is 3.10. The summed E-state index contributed by atoms with van der Waals surface area (Å²) >= 11 is 5.67. The Morgan fingerprint density at radius 2 is 1.96 bits per heavy atom. The molecular formula is C18H23ClF2N4O2. The highest BCUT2D eigenvalue weighted by molar-refractivity contribution is 6.30. The Balaban J connectivity index is 1.60. The van der Waals surface area contributed by atoms with Crippen molar-refractivity contribution in [2.24, 2.45) is 0 Å². The van der Waals surface area contributed by atoms with Gasteiger partial charge in [-0.25, -0.2) is 18.4 Å². The molecule has 1 aromatic carbocycles. The minimum atomic E-state index is -0.836. The number of benzene rings is 1. The van der Waals surface area contributed by atoms with Gasteiger partial charge in [-0.05, 0) is 31.7 Å². The molecule has 1 saturated carbocycles. The number of rotatable bonds is 4. The Bertz CT molecular complexity index is 730. The third kappa shape index (κ3) is 4.61. The maximum Gasteiger partial charge on any atom is 0.317 e. The SMILES string of the molecule is CNC(=O)N(C1CC1)[C@@H]1CCCN(C(=O)NCc2cc(Cl)c(F)cc2F)C1. The molecule has 1 heterocycles.